The predicted octanol–water partition coefficient (Wildman–Crippen LogP) is 1.37. The molecule has 0 aromatic heterocycles. The quantitative estimate of drug-likeness (QED) is 0.589. The first kappa shape index (κ1) is 9.01. The molecule has 0 saturated heterocycles. The normalized spacial score (nSPS) is 10.5. The van der Waals surface area contributed by atoms with E-state index in [-0.39, 0.29) is 0 Å². The smallest absolute Gasteiger partial charge is 0.0403 e. The van der Waals surface area contributed by atoms with Crippen molar-refractivity contribution in [2.75, 3.05) is 0 Å². The Kier molecular flexibility index (Phi) is 2.55. The van der Waals surface area contributed by atoms with Crippen LogP contribution in [0.5, 0.6) is 0 Å². The molecule has 0 aliphatic rings. The zero-order valence-corrected chi connectivity index (χ0v) is 11.0. The number of hydrogen-bond acceptors (Lipinski definition) is 0. The van der Waals surface area contributed by atoms with Gasteiger partial charge in [0.05, 0.1) is 0 Å². The van der Waals surface area contributed by atoms with Crippen molar-refractivity contribution in [1.29, 1.82) is 0 Å². The van der Waals surface area contributed by atoms with E-state index in [1.165, 1.54) is 26.3 Å². The Morgan fingerprint density at radius 1 is 1.18 bits per heavy atom. The van der Waals surface area contributed by atoms with Crippen LogP contribution in [0, 0.1) is 20.8 Å². The van der Waals surface area contributed by atoms with Gasteiger partial charge in [0.25, 0.3) is 0 Å². The van der Waals surface area contributed by atoms with E-state index in [0.717, 1.165) is 10.2 Å². The number of rotatable bonds is 0. The van der Waals surface area contributed by atoms with Crippen LogP contribution in [0.1, 0.15) is 16.7 Å². The summed E-state index contributed by atoms with van der Waals surface area (Å²) in [6.45, 7) is 6.56. The van der Waals surface area contributed by atoms with E-state index in [1.54, 1.807) is 0 Å². The van der Waals surface area contributed by atoms with E-state index in [9.17, 15) is 0 Å². The lowest BCUT2D eigenvalue weighted by molar-refractivity contribution is 1.28. The minimum absolute atomic E-state index is 1.13. The van der Waals surface area contributed by atoms with Gasteiger partial charge >= 0.3 is 0 Å². The van der Waals surface area contributed by atoms with Crippen LogP contribution in [0.15, 0.2) is 10.5 Å². The molecule has 0 bridgehead atoms. The highest BCUT2D eigenvalue weighted by Crippen LogP contribution is 2.16. The number of hydrogen-bond donors (Lipinski definition) is 0. The Morgan fingerprint density at radius 3 is 2.27 bits per heavy atom. The Bertz CT molecular complexity index is 266. The summed E-state index contributed by atoms with van der Waals surface area (Å²) >= 11 is 3.57. The van der Waals surface area contributed by atoms with E-state index in [4.69, 9.17) is 0 Å². The van der Waals surface area contributed by atoms with E-state index in [0.29, 0.717) is 0 Å². The predicted molar refractivity (Wildman–Crippen MR) is 57.9 cm³/mol. The van der Waals surface area contributed by atoms with Crippen molar-refractivity contribution in [3.05, 3.63) is 27.2 Å². The molecule has 1 aromatic rings. The Morgan fingerprint density at radius 2 is 1.73 bits per heavy atom. The fourth-order valence-corrected chi connectivity index (χ4v) is 2.32. The Labute approximate surface area is 79.6 Å². The molecule has 0 amide bonds. The van der Waals surface area contributed by atoms with Gasteiger partial charge in [0.2, 0.25) is 0 Å². The molecule has 11 heavy (non-hydrogen) atoms. The molecule has 0 radical (unpaired) electrons. The third-order valence-corrected chi connectivity index (χ3v) is 5.26. The van der Waals surface area contributed by atoms with Gasteiger partial charge in [-0.05, 0) is 43.5 Å². The maximum Gasteiger partial charge on any atom is 0.0403 e. The summed E-state index contributed by atoms with van der Waals surface area (Å²) in [7, 11) is 1.13. The molecule has 0 nitrogen and oxygen atoms in total. The van der Waals surface area contributed by atoms with E-state index >= 15 is 0 Å². The Balaban J connectivity index is 3.46. The highest BCUT2D eigenvalue weighted by atomic mass is 79.9. The van der Waals surface area contributed by atoms with Crippen molar-refractivity contribution >= 4 is 31.4 Å². The lowest BCUT2D eigenvalue weighted by atomic mass is 10.1. The molecule has 0 spiro atoms. The third kappa shape index (κ3) is 1.57. The molecule has 0 heterocycles. The molecule has 0 saturated carbocycles. The molecule has 0 aliphatic heterocycles. The van der Waals surface area contributed by atoms with Gasteiger partial charge in [-0.25, -0.2) is 0 Å². The van der Waals surface area contributed by atoms with Crippen LogP contribution < -0.4 is 5.19 Å². The second-order valence-corrected chi connectivity index (χ2v) is 4.90. The van der Waals surface area contributed by atoms with Crippen molar-refractivity contribution in [3.8, 4) is 0 Å². The van der Waals surface area contributed by atoms with Gasteiger partial charge < -0.3 is 0 Å². The molecule has 0 atom stereocenters. The molecule has 0 unspecified atom stereocenters. The van der Waals surface area contributed by atoms with E-state index in [2.05, 4.69) is 42.8 Å². The van der Waals surface area contributed by atoms with E-state index in [1.807, 2.05) is 0 Å². The molecular formula is C9H13BrSi. The maximum atomic E-state index is 3.57. The van der Waals surface area contributed by atoms with Crippen LogP contribution in [0.2, 0.25) is 0 Å². The van der Waals surface area contributed by atoms with Crippen molar-refractivity contribution in [3.63, 3.8) is 0 Å². The SMILES string of the molecule is Cc1cc(Br)c([SiH3])c(C)c1C. The average Bonchev–Trinajstić information content (AvgIpc) is 1.97. The standard InChI is InChI=1S/C9H13BrSi/c1-5-4-8(10)9(11)7(3)6(5)2/h4H,1-3,11H3. The van der Waals surface area contributed by atoms with Crippen molar-refractivity contribution in [2.45, 2.75) is 20.8 Å². The molecular weight excluding hydrogens is 216 g/mol. The van der Waals surface area contributed by atoms with Crippen molar-refractivity contribution in [2.24, 2.45) is 0 Å². The number of benzene rings is 1. The lowest BCUT2D eigenvalue weighted by Crippen LogP contribution is -2.11. The third-order valence-electron chi connectivity index (χ3n) is 2.42. The molecule has 0 fully saturated rings. The summed E-state index contributed by atoms with van der Waals surface area (Å²) in [5, 5.41) is 1.49. The van der Waals surface area contributed by atoms with Gasteiger partial charge in [-0.15, -0.1) is 0 Å². The van der Waals surface area contributed by atoms with Gasteiger partial charge in [0.1, 0.15) is 0 Å². The fraction of sp³-hybridized carbons (Fsp3) is 0.333. The zero-order valence-electron chi connectivity index (χ0n) is 7.46. The van der Waals surface area contributed by atoms with Gasteiger partial charge in [0, 0.05) is 14.7 Å². The van der Waals surface area contributed by atoms with Gasteiger partial charge in [0.15, 0.2) is 0 Å². The number of aryl methyl sites for hydroxylation is 1. The minimum Gasteiger partial charge on any atom is -0.0537 e. The summed E-state index contributed by atoms with van der Waals surface area (Å²) in [5.41, 5.74) is 4.29. The molecule has 2 heteroatoms. The van der Waals surface area contributed by atoms with Crippen molar-refractivity contribution in [1.82, 2.24) is 0 Å². The van der Waals surface area contributed by atoms with Crippen LogP contribution in [-0.4, -0.2) is 10.2 Å². The summed E-state index contributed by atoms with van der Waals surface area (Å²) in [6.07, 6.45) is 0. The lowest BCUT2D eigenvalue weighted by Gasteiger charge is -2.09. The average molecular weight is 229 g/mol. The van der Waals surface area contributed by atoms with Gasteiger partial charge in [-0.1, -0.05) is 21.1 Å². The monoisotopic (exact) mass is 228 g/mol. The molecule has 0 N–H and O–H groups in total. The van der Waals surface area contributed by atoms with Crippen LogP contribution in [0.25, 0.3) is 0 Å². The highest BCUT2D eigenvalue weighted by Gasteiger charge is 2.03. The second kappa shape index (κ2) is 3.11. The second-order valence-electron chi connectivity index (χ2n) is 3.05. The summed E-state index contributed by atoms with van der Waals surface area (Å²) < 4.78 is 1.28. The van der Waals surface area contributed by atoms with E-state index < -0.39 is 0 Å². The highest BCUT2D eigenvalue weighted by molar-refractivity contribution is 9.10. The minimum atomic E-state index is 1.13. The van der Waals surface area contributed by atoms with Crippen molar-refractivity contribution < 1.29 is 0 Å². The maximum absolute atomic E-state index is 3.57. The first-order valence-electron chi connectivity index (χ1n) is 3.77. The summed E-state index contributed by atoms with van der Waals surface area (Å²) in [6, 6.07) is 2.21. The topological polar surface area (TPSA) is 0 Å². The Hall–Kier alpha value is -0.0831. The van der Waals surface area contributed by atoms with Crippen LogP contribution in [0.3, 0.4) is 0 Å². The summed E-state index contributed by atoms with van der Waals surface area (Å²) in [5.74, 6) is 0. The van der Waals surface area contributed by atoms with Crippen LogP contribution in [0.4, 0.5) is 0 Å². The van der Waals surface area contributed by atoms with Crippen LogP contribution in [-0.2, 0) is 0 Å². The fourth-order valence-electron chi connectivity index (χ4n) is 1.16. The van der Waals surface area contributed by atoms with Crippen LogP contribution >= 0.6 is 15.9 Å². The zero-order chi connectivity index (χ0) is 8.59. The van der Waals surface area contributed by atoms with Gasteiger partial charge in [-0.2, -0.15) is 0 Å². The number of halogens is 1. The molecule has 0 aliphatic carbocycles. The molecule has 60 valence electrons. The van der Waals surface area contributed by atoms with Gasteiger partial charge in [-0.3, -0.25) is 0 Å². The first-order valence-corrected chi connectivity index (χ1v) is 5.56. The largest absolute Gasteiger partial charge is 0.0537 e. The molecule has 1 aromatic carbocycles. The summed E-state index contributed by atoms with van der Waals surface area (Å²) in [4.78, 5) is 0. The molecule has 1 rings (SSSR count). The first-order chi connectivity index (χ1) is 5.04.